The van der Waals surface area contributed by atoms with E-state index in [0.717, 1.165) is 83.3 Å². The minimum Gasteiger partial charge on any atom is -0.656 e. The Kier molecular flexibility index (Phi) is 10.7. The van der Waals surface area contributed by atoms with E-state index in [4.69, 9.17) is 15.0 Å². The number of aryl methyl sites for hydroxylation is 2. The monoisotopic (exact) mass is 1070 g/mol. The molecule has 0 aliphatic rings. The Morgan fingerprint density at radius 1 is 0.536 bits per heavy atom. The van der Waals surface area contributed by atoms with Crippen LogP contribution in [0.15, 0.2) is 182 Å². The second-order valence-corrected chi connectivity index (χ2v) is 19.9. The van der Waals surface area contributed by atoms with Gasteiger partial charge in [0.15, 0.2) is 0 Å². The molecule has 12 aromatic rings. The SMILES string of the molecule is Cc1cc(-n2c(-c3cccc4c3[n-]c3ccccc34)nc3c(-c4[c-]c5c(cc4)c4cc(C(C)(C)C)ccc4n5-c4ccccn4)cc(C(C)(C)c4ccccc4)cc32)cc(C)c1-c1ccccc1.[Pt+2]. The number of rotatable bonds is 7. The van der Waals surface area contributed by atoms with Crippen molar-refractivity contribution in [2.45, 2.75) is 59.3 Å². The summed E-state index contributed by atoms with van der Waals surface area (Å²) < 4.78 is 4.66. The summed E-state index contributed by atoms with van der Waals surface area (Å²) in [5.74, 6) is 1.70. The molecule has 69 heavy (non-hydrogen) atoms. The van der Waals surface area contributed by atoms with Gasteiger partial charge in [-0.1, -0.05) is 173 Å². The average molecular weight is 1070 g/mol. The normalized spacial score (nSPS) is 12.2. The molecular formula is C63H51N5Pt. The number of hydrogen-bond acceptors (Lipinski definition) is 2. The summed E-state index contributed by atoms with van der Waals surface area (Å²) in [6, 6.07) is 67.5. The maximum absolute atomic E-state index is 5.82. The molecule has 0 fully saturated rings. The molecular weight excluding hydrogens is 1020 g/mol. The summed E-state index contributed by atoms with van der Waals surface area (Å²) >= 11 is 0. The van der Waals surface area contributed by atoms with Gasteiger partial charge in [0.25, 0.3) is 0 Å². The summed E-state index contributed by atoms with van der Waals surface area (Å²) in [4.78, 5) is 16.0. The summed E-state index contributed by atoms with van der Waals surface area (Å²) in [6.45, 7) is 15.9. The third kappa shape index (κ3) is 7.25. The second-order valence-electron chi connectivity index (χ2n) is 19.9. The van der Waals surface area contributed by atoms with Crippen LogP contribution in [0.3, 0.4) is 0 Å². The largest absolute Gasteiger partial charge is 2.00 e. The first-order chi connectivity index (χ1) is 32.9. The third-order valence-electron chi connectivity index (χ3n) is 14.2. The third-order valence-corrected chi connectivity index (χ3v) is 14.2. The van der Waals surface area contributed by atoms with Gasteiger partial charge in [-0.3, -0.25) is 4.57 Å². The van der Waals surface area contributed by atoms with E-state index in [0.29, 0.717) is 0 Å². The maximum Gasteiger partial charge on any atom is 2.00 e. The Hall–Kier alpha value is -7.33. The zero-order valence-corrected chi connectivity index (χ0v) is 42.1. The molecule has 0 aliphatic heterocycles. The Labute approximate surface area is 417 Å². The maximum atomic E-state index is 5.82. The smallest absolute Gasteiger partial charge is 0.656 e. The van der Waals surface area contributed by atoms with Crippen molar-refractivity contribution in [2.24, 2.45) is 0 Å². The van der Waals surface area contributed by atoms with E-state index in [1.54, 1.807) is 0 Å². The molecule has 4 aromatic heterocycles. The molecule has 6 heteroatoms. The Balaban J connectivity index is 0.00000520. The van der Waals surface area contributed by atoms with E-state index >= 15 is 0 Å². The molecule has 8 aromatic carbocycles. The summed E-state index contributed by atoms with van der Waals surface area (Å²) in [5.41, 5.74) is 18.1. The van der Waals surface area contributed by atoms with Crippen LogP contribution in [0.5, 0.6) is 0 Å². The number of para-hydroxylation sites is 2. The molecule has 0 atom stereocenters. The van der Waals surface area contributed by atoms with Crippen LogP contribution in [-0.4, -0.2) is 19.1 Å². The molecule has 0 bridgehead atoms. The fourth-order valence-corrected chi connectivity index (χ4v) is 10.6. The number of imidazole rings is 1. The zero-order chi connectivity index (χ0) is 46.5. The van der Waals surface area contributed by atoms with Crippen molar-refractivity contribution in [3.05, 3.63) is 216 Å². The molecule has 0 N–H and O–H groups in total. The van der Waals surface area contributed by atoms with Crippen molar-refractivity contribution < 1.29 is 21.1 Å². The molecule has 0 saturated carbocycles. The second kappa shape index (κ2) is 16.7. The van der Waals surface area contributed by atoms with Gasteiger partial charge < -0.3 is 9.55 Å². The van der Waals surface area contributed by atoms with Gasteiger partial charge in [0, 0.05) is 28.4 Å². The molecule has 0 unspecified atom stereocenters. The molecule has 0 saturated heterocycles. The molecule has 12 rings (SSSR count). The van der Waals surface area contributed by atoms with Crippen molar-refractivity contribution in [3.8, 4) is 45.1 Å². The number of hydrogen-bond donors (Lipinski definition) is 0. The number of fused-ring (bicyclic) bond motifs is 7. The van der Waals surface area contributed by atoms with E-state index in [2.05, 4.69) is 234 Å². The molecule has 0 amide bonds. The van der Waals surface area contributed by atoms with E-state index in [-0.39, 0.29) is 31.9 Å². The minimum absolute atomic E-state index is 0. The number of nitrogens with zero attached hydrogens (tertiary/aromatic N) is 5. The summed E-state index contributed by atoms with van der Waals surface area (Å²) in [5, 5.41) is 4.57. The first-order valence-electron chi connectivity index (χ1n) is 23.6. The van der Waals surface area contributed by atoms with Crippen LogP contribution in [0.4, 0.5) is 0 Å². The Morgan fingerprint density at radius 3 is 1.99 bits per heavy atom. The zero-order valence-electron chi connectivity index (χ0n) is 39.9. The van der Waals surface area contributed by atoms with Gasteiger partial charge in [-0.2, -0.15) is 0 Å². The van der Waals surface area contributed by atoms with Crippen molar-refractivity contribution in [1.29, 1.82) is 0 Å². The minimum atomic E-state index is -0.371. The number of benzene rings is 8. The van der Waals surface area contributed by atoms with Gasteiger partial charge in [0.05, 0.1) is 11.0 Å². The van der Waals surface area contributed by atoms with Gasteiger partial charge in [-0.05, 0) is 116 Å². The summed E-state index contributed by atoms with van der Waals surface area (Å²) in [7, 11) is 0. The number of aromatic nitrogens is 5. The van der Waals surface area contributed by atoms with Crippen LogP contribution in [0, 0.1) is 19.9 Å². The standard InChI is InChI=1S/C63H51N5.Pt/c1-39-33-46(34-40(2)58(39)41-19-10-8-11-20-41)67-56-38-45(63(6,7)43-21-12-9-13-22-43)37-51(60(56)66-61(67)50-25-18-24-49-47-23-14-15-26-53(47)65-59(49)50)42-28-30-48-52-36-44(62(3,4)5)29-31-54(52)68(55(48)35-42)57-27-16-17-32-64-57;/h8-34,36-38H,1-7H3;/q-2;+2. The molecule has 338 valence electrons. The topological polar surface area (TPSA) is 49.7 Å². The van der Waals surface area contributed by atoms with Crippen molar-refractivity contribution in [1.82, 2.24) is 24.1 Å². The van der Waals surface area contributed by atoms with Crippen LogP contribution in [0.1, 0.15) is 62.4 Å². The van der Waals surface area contributed by atoms with Crippen LogP contribution in [-0.2, 0) is 31.9 Å². The van der Waals surface area contributed by atoms with E-state index in [1.807, 2.05) is 12.3 Å². The first-order valence-corrected chi connectivity index (χ1v) is 23.6. The van der Waals surface area contributed by atoms with Gasteiger partial charge >= 0.3 is 21.1 Å². The van der Waals surface area contributed by atoms with Crippen molar-refractivity contribution in [3.63, 3.8) is 0 Å². The van der Waals surface area contributed by atoms with Crippen molar-refractivity contribution in [2.75, 3.05) is 0 Å². The van der Waals surface area contributed by atoms with E-state index in [9.17, 15) is 0 Å². The first kappa shape index (κ1) is 44.2. The predicted octanol–water partition coefficient (Wildman–Crippen LogP) is 15.8. The van der Waals surface area contributed by atoms with Gasteiger partial charge in [-0.15, -0.1) is 34.8 Å². The Morgan fingerprint density at radius 2 is 1.25 bits per heavy atom. The van der Waals surface area contributed by atoms with Crippen LogP contribution in [0.25, 0.3) is 99.8 Å². The van der Waals surface area contributed by atoms with E-state index < -0.39 is 0 Å². The Bertz CT molecular complexity index is 3900. The molecule has 0 aliphatic carbocycles. The molecule has 5 nitrogen and oxygen atoms in total. The quantitative estimate of drug-likeness (QED) is 0.149. The predicted molar refractivity (Wildman–Crippen MR) is 283 cm³/mol. The fourth-order valence-electron chi connectivity index (χ4n) is 10.6. The van der Waals surface area contributed by atoms with Gasteiger partial charge in [-0.25, -0.2) is 9.97 Å². The molecule has 0 spiro atoms. The molecule has 0 radical (unpaired) electrons. The fraction of sp³-hybridized carbons (Fsp3) is 0.143. The average Bonchev–Trinajstić information content (AvgIpc) is 4.03. The van der Waals surface area contributed by atoms with Crippen molar-refractivity contribution >= 4 is 54.6 Å². The molecule has 4 heterocycles. The van der Waals surface area contributed by atoms with Crippen LogP contribution >= 0.6 is 0 Å². The van der Waals surface area contributed by atoms with Gasteiger partial charge in [0.1, 0.15) is 11.6 Å². The van der Waals surface area contributed by atoms with Crippen LogP contribution in [0.2, 0.25) is 0 Å². The van der Waals surface area contributed by atoms with Crippen LogP contribution < -0.4 is 4.98 Å². The van der Waals surface area contributed by atoms with E-state index in [1.165, 1.54) is 44.3 Å². The number of pyridine rings is 1. The van der Waals surface area contributed by atoms with Gasteiger partial charge in [0.2, 0.25) is 0 Å². The summed E-state index contributed by atoms with van der Waals surface area (Å²) in [6.07, 6.45) is 1.87.